The van der Waals surface area contributed by atoms with Gasteiger partial charge in [0.05, 0.1) is 12.2 Å². The zero-order valence-electron chi connectivity index (χ0n) is 15.2. The summed E-state index contributed by atoms with van der Waals surface area (Å²) in [5.41, 5.74) is 0.501. The molecule has 0 aliphatic heterocycles. The number of urea groups is 1. The molecule has 2 aromatic rings. The molecular formula is C18H26N4O3. The molecule has 1 saturated carbocycles. The molecule has 0 bridgehead atoms. The number of furan rings is 1. The van der Waals surface area contributed by atoms with Gasteiger partial charge in [0.25, 0.3) is 0 Å². The second kappa shape index (κ2) is 6.55. The van der Waals surface area contributed by atoms with Crippen LogP contribution in [-0.2, 0) is 12.6 Å². The first-order valence-electron chi connectivity index (χ1n) is 8.65. The van der Waals surface area contributed by atoms with Crippen LogP contribution in [-0.4, -0.2) is 27.5 Å². The van der Waals surface area contributed by atoms with Crippen molar-refractivity contribution in [3.05, 3.63) is 34.9 Å². The van der Waals surface area contributed by atoms with E-state index in [1.165, 1.54) is 6.42 Å². The Bertz CT molecular complexity index is 771. The molecule has 7 heteroatoms. The fraction of sp³-hybridized carbons (Fsp3) is 0.556. The van der Waals surface area contributed by atoms with Gasteiger partial charge in [-0.25, -0.2) is 4.79 Å². The van der Waals surface area contributed by atoms with Crippen molar-refractivity contribution in [2.24, 2.45) is 7.05 Å². The Labute approximate surface area is 147 Å². The molecule has 0 radical (unpaired) electrons. The second-order valence-electron chi connectivity index (χ2n) is 7.11. The summed E-state index contributed by atoms with van der Waals surface area (Å²) in [6.45, 7) is 5.36. The summed E-state index contributed by atoms with van der Waals surface area (Å²) in [5.74, 6) is 2.55. The minimum absolute atomic E-state index is 0.0754. The van der Waals surface area contributed by atoms with Gasteiger partial charge in [0.1, 0.15) is 22.9 Å². The van der Waals surface area contributed by atoms with E-state index in [2.05, 4.69) is 15.7 Å². The van der Waals surface area contributed by atoms with Crippen LogP contribution in [0.15, 0.2) is 16.5 Å². The number of carbonyl (C=O) groups is 1. The van der Waals surface area contributed by atoms with Gasteiger partial charge in [-0.3, -0.25) is 10.00 Å². The summed E-state index contributed by atoms with van der Waals surface area (Å²) in [5, 5.41) is 20.6. The summed E-state index contributed by atoms with van der Waals surface area (Å²) < 4.78 is 7.14. The van der Waals surface area contributed by atoms with E-state index in [9.17, 15) is 9.90 Å². The lowest BCUT2D eigenvalue weighted by Gasteiger charge is -2.23. The average Bonchev–Trinajstić information content (AvgIpc) is 2.98. The number of aromatic nitrogens is 2. The van der Waals surface area contributed by atoms with Gasteiger partial charge in [0.15, 0.2) is 0 Å². The molecule has 3 rings (SSSR count). The molecule has 3 N–H and O–H groups in total. The third-order valence-corrected chi connectivity index (χ3v) is 4.88. The van der Waals surface area contributed by atoms with Crippen LogP contribution in [0.25, 0.3) is 0 Å². The first-order chi connectivity index (χ1) is 11.8. The number of aliphatic hydroxyl groups is 1. The Kier molecular flexibility index (Phi) is 4.60. The Hall–Kier alpha value is -2.28. The normalized spacial score (nSPS) is 17.0. The molecule has 1 unspecified atom stereocenters. The molecule has 25 heavy (non-hydrogen) atoms. The molecule has 1 aliphatic rings. The number of carbonyl (C=O) groups excluding carboxylic acids is 1. The molecule has 1 fully saturated rings. The fourth-order valence-electron chi connectivity index (χ4n) is 3.18. The first kappa shape index (κ1) is 17.5. The quantitative estimate of drug-likeness (QED) is 0.776. The third kappa shape index (κ3) is 3.71. The van der Waals surface area contributed by atoms with Gasteiger partial charge in [0, 0.05) is 24.6 Å². The molecule has 2 amide bonds. The van der Waals surface area contributed by atoms with Gasteiger partial charge >= 0.3 is 6.03 Å². The van der Waals surface area contributed by atoms with Crippen molar-refractivity contribution < 1.29 is 14.3 Å². The van der Waals surface area contributed by atoms with Crippen molar-refractivity contribution in [2.75, 3.05) is 11.9 Å². The molecule has 0 spiro atoms. The zero-order valence-corrected chi connectivity index (χ0v) is 15.2. The lowest BCUT2D eigenvalue weighted by atomic mass is 9.83. The van der Waals surface area contributed by atoms with E-state index in [0.717, 1.165) is 24.3 Å². The lowest BCUT2D eigenvalue weighted by molar-refractivity contribution is 0.0584. The molecule has 2 aromatic heterocycles. The minimum Gasteiger partial charge on any atom is -0.466 e. The van der Waals surface area contributed by atoms with Crippen molar-refractivity contribution in [1.82, 2.24) is 15.1 Å². The maximum absolute atomic E-state index is 12.2. The number of rotatable bonds is 5. The van der Waals surface area contributed by atoms with Gasteiger partial charge in [-0.1, -0.05) is 6.42 Å². The van der Waals surface area contributed by atoms with Crippen molar-refractivity contribution in [1.29, 1.82) is 0 Å². The summed E-state index contributed by atoms with van der Waals surface area (Å²) in [7, 11) is 1.81. The number of amides is 2. The van der Waals surface area contributed by atoms with E-state index in [1.54, 1.807) is 24.6 Å². The number of hydrogen-bond donors (Lipinski definition) is 3. The highest BCUT2D eigenvalue weighted by molar-refractivity contribution is 5.88. The molecule has 1 aliphatic carbocycles. The molecule has 1 atom stereocenters. The van der Waals surface area contributed by atoms with Gasteiger partial charge in [0.2, 0.25) is 0 Å². The van der Waals surface area contributed by atoms with Gasteiger partial charge in [-0.05, 0) is 39.7 Å². The summed E-state index contributed by atoms with van der Waals surface area (Å²) in [4.78, 5) is 12.2. The average molecular weight is 346 g/mol. The highest BCUT2D eigenvalue weighted by Crippen LogP contribution is 2.36. The van der Waals surface area contributed by atoms with Crippen molar-refractivity contribution >= 4 is 11.8 Å². The Morgan fingerprint density at radius 3 is 2.72 bits per heavy atom. The predicted octanol–water partition coefficient (Wildman–Crippen LogP) is 2.93. The van der Waals surface area contributed by atoms with E-state index in [0.29, 0.717) is 23.1 Å². The predicted molar refractivity (Wildman–Crippen MR) is 94.6 cm³/mol. The van der Waals surface area contributed by atoms with Crippen LogP contribution in [0, 0.1) is 13.8 Å². The third-order valence-electron chi connectivity index (χ3n) is 4.88. The highest BCUT2D eigenvalue weighted by Gasteiger charge is 2.28. The highest BCUT2D eigenvalue weighted by atomic mass is 16.3. The molecule has 0 saturated heterocycles. The van der Waals surface area contributed by atoms with Crippen molar-refractivity contribution in [2.45, 2.75) is 51.6 Å². The lowest BCUT2D eigenvalue weighted by Crippen LogP contribution is -2.40. The monoisotopic (exact) mass is 346 g/mol. The van der Waals surface area contributed by atoms with Crippen LogP contribution in [0.1, 0.15) is 54.9 Å². The standard InChI is InChI=1S/C18H26N4O3/c1-11-8-14(12(2)25-11)18(3,24)10-19-17(23)20-16-9-15(21-22(16)4)13-6-5-7-13/h8-9,13,24H,5-7,10H2,1-4H3,(H2,19,20,23). The van der Waals surface area contributed by atoms with Crippen LogP contribution in [0.5, 0.6) is 0 Å². The largest absolute Gasteiger partial charge is 0.466 e. The van der Waals surface area contributed by atoms with E-state index in [-0.39, 0.29) is 12.6 Å². The van der Waals surface area contributed by atoms with Crippen LogP contribution >= 0.6 is 0 Å². The molecule has 7 nitrogen and oxygen atoms in total. The van der Waals surface area contributed by atoms with Gasteiger partial charge < -0.3 is 14.8 Å². The smallest absolute Gasteiger partial charge is 0.320 e. The van der Waals surface area contributed by atoms with E-state index in [1.807, 2.05) is 20.0 Å². The summed E-state index contributed by atoms with van der Waals surface area (Å²) in [6, 6.07) is 3.34. The fourth-order valence-corrected chi connectivity index (χ4v) is 3.18. The number of aryl methyl sites for hydroxylation is 3. The maximum atomic E-state index is 12.2. The Balaban J connectivity index is 1.59. The van der Waals surface area contributed by atoms with Gasteiger partial charge in [-0.15, -0.1) is 0 Å². The molecule has 0 aromatic carbocycles. The van der Waals surface area contributed by atoms with Crippen molar-refractivity contribution in [3.8, 4) is 0 Å². The summed E-state index contributed by atoms with van der Waals surface area (Å²) >= 11 is 0. The molecule has 2 heterocycles. The van der Waals surface area contributed by atoms with Gasteiger partial charge in [-0.2, -0.15) is 5.10 Å². The Morgan fingerprint density at radius 2 is 2.16 bits per heavy atom. The number of hydrogen-bond acceptors (Lipinski definition) is 4. The van der Waals surface area contributed by atoms with Crippen LogP contribution in [0.3, 0.4) is 0 Å². The van der Waals surface area contributed by atoms with Crippen molar-refractivity contribution in [3.63, 3.8) is 0 Å². The molecule has 136 valence electrons. The number of nitrogens with zero attached hydrogens (tertiary/aromatic N) is 2. The van der Waals surface area contributed by atoms with Crippen LogP contribution in [0.4, 0.5) is 10.6 Å². The Morgan fingerprint density at radius 1 is 1.44 bits per heavy atom. The summed E-state index contributed by atoms with van der Waals surface area (Å²) in [6.07, 6.45) is 3.57. The van der Waals surface area contributed by atoms with E-state index in [4.69, 9.17) is 4.42 Å². The minimum atomic E-state index is -1.21. The number of anilines is 1. The molecular weight excluding hydrogens is 320 g/mol. The van der Waals surface area contributed by atoms with E-state index < -0.39 is 5.60 Å². The number of nitrogens with one attached hydrogen (secondary N) is 2. The SMILES string of the molecule is Cc1cc(C(C)(O)CNC(=O)Nc2cc(C3CCC3)nn2C)c(C)o1. The first-order valence-corrected chi connectivity index (χ1v) is 8.65. The van der Waals surface area contributed by atoms with Crippen LogP contribution in [0.2, 0.25) is 0 Å². The topological polar surface area (TPSA) is 92.3 Å². The maximum Gasteiger partial charge on any atom is 0.320 e. The zero-order chi connectivity index (χ0) is 18.2. The van der Waals surface area contributed by atoms with E-state index >= 15 is 0 Å². The second-order valence-corrected chi connectivity index (χ2v) is 7.11. The van der Waals surface area contributed by atoms with Crippen LogP contribution < -0.4 is 10.6 Å².